The lowest BCUT2D eigenvalue weighted by molar-refractivity contribution is 0.0692. The van der Waals surface area contributed by atoms with Gasteiger partial charge in [0.05, 0.1) is 12.1 Å². The van der Waals surface area contributed by atoms with Crippen LogP contribution in [-0.4, -0.2) is 40.5 Å². The van der Waals surface area contributed by atoms with E-state index in [1.807, 2.05) is 24.3 Å². The van der Waals surface area contributed by atoms with Gasteiger partial charge in [0, 0.05) is 16.9 Å². The van der Waals surface area contributed by atoms with Gasteiger partial charge in [-0.15, -0.1) is 0 Å². The molecule has 5 rings (SSSR count). The third-order valence-electron chi connectivity index (χ3n) is 5.66. The summed E-state index contributed by atoms with van der Waals surface area (Å²) in [7, 11) is 0. The van der Waals surface area contributed by atoms with Crippen LogP contribution in [-0.2, 0) is 4.74 Å². The Labute approximate surface area is 189 Å². The Morgan fingerprint density at radius 2 is 1.73 bits per heavy atom. The van der Waals surface area contributed by atoms with Crippen LogP contribution >= 0.6 is 0 Å². The second kappa shape index (κ2) is 8.52. The van der Waals surface area contributed by atoms with Crippen molar-refractivity contribution in [3.63, 3.8) is 0 Å². The van der Waals surface area contributed by atoms with Crippen LogP contribution in [0.2, 0.25) is 0 Å². The van der Waals surface area contributed by atoms with Gasteiger partial charge in [0.15, 0.2) is 5.69 Å². The van der Waals surface area contributed by atoms with Crippen molar-refractivity contribution in [3.05, 3.63) is 89.1 Å². The molecule has 0 unspecified atom stereocenters. The molecule has 1 amide bonds. The van der Waals surface area contributed by atoms with Crippen molar-refractivity contribution in [2.24, 2.45) is 0 Å². The number of nitrogens with zero attached hydrogens (tertiary/aromatic N) is 1. The number of amides is 1. The number of hydrogen-bond donors (Lipinski definition) is 3. The van der Waals surface area contributed by atoms with Crippen LogP contribution in [0.15, 0.2) is 66.7 Å². The van der Waals surface area contributed by atoms with Gasteiger partial charge in [-0.3, -0.25) is 5.10 Å². The Kier molecular flexibility index (Phi) is 5.25. The lowest BCUT2D eigenvalue weighted by Crippen LogP contribution is -2.26. The molecule has 0 radical (unpaired) electrons. The van der Waals surface area contributed by atoms with Crippen molar-refractivity contribution >= 4 is 23.0 Å². The van der Waals surface area contributed by atoms with Gasteiger partial charge in [-0.25, -0.2) is 9.59 Å². The largest absolute Gasteiger partial charge is 0.476 e. The lowest BCUT2D eigenvalue weighted by atomic mass is 9.98. The first kappa shape index (κ1) is 20.3. The van der Waals surface area contributed by atoms with E-state index >= 15 is 0 Å². The molecular formula is C26H19N3O4. The third-order valence-corrected chi connectivity index (χ3v) is 5.66. The highest BCUT2D eigenvalue weighted by Gasteiger charge is 2.28. The van der Waals surface area contributed by atoms with Gasteiger partial charge in [-0.2, -0.15) is 5.10 Å². The minimum Gasteiger partial charge on any atom is -0.476 e. The second-order valence-electron chi connectivity index (χ2n) is 7.62. The molecule has 0 bridgehead atoms. The first-order valence-electron chi connectivity index (χ1n) is 10.4. The summed E-state index contributed by atoms with van der Waals surface area (Å²) >= 11 is 0. The van der Waals surface area contributed by atoms with Crippen molar-refractivity contribution in [3.8, 4) is 23.0 Å². The molecule has 0 fully saturated rings. The summed E-state index contributed by atoms with van der Waals surface area (Å²) < 4.78 is 5.49. The molecule has 3 aromatic carbocycles. The van der Waals surface area contributed by atoms with Crippen molar-refractivity contribution in [2.45, 2.75) is 5.92 Å². The maximum Gasteiger partial charge on any atom is 0.407 e. The zero-order chi connectivity index (χ0) is 22.8. The molecule has 1 aliphatic rings. The number of aromatic amines is 1. The van der Waals surface area contributed by atoms with Crippen LogP contribution in [0.1, 0.15) is 33.1 Å². The maximum absolute atomic E-state index is 12.2. The molecule has 1 aliphatic carbocycles. The first-order valence-corrected chi connectivity index (χ1v) is 10.4. The summed E-state index contributed by atoms with van der Waals surface area (Å²) in [6.45, 7) is 0.342. The minimum atomic E-state index is -1.11. The summed E-state index contributed by atoms with van der Waals surface area (Å²) in [4.78, 5) is 23.5. The predicted molar refractivity (Wildman–Crippen MR) is 123 cm³/mol. The molecule has 162 valence electrons. The van der Waals surface area contributed by atoms with Crippen molar-refractivity contribution in [2.75, 3.05) is 13.2 Å². The Balaban J connectivity index is 1.20. The number of alkyl carbamates (subject to hydrolysis) is 1. The molecule has 7 nitrogen and oxygen atoms in total. The van der Waals surface area contributed by atoms with E-state index in [4.69, 9.17) is 4.74 Å². The molecule has 1 aromatic heterocycles. The van der Waals surface area contributed by atoms with Gasteiger partial charge in [-0.1, -0.05) is 60.4 Å². The van der Waals surface area contributed by atoms with Crippen LogP contribution in [0.4, 0.5) is 4.79 Å². The molecule has 7 heteroatoms. The average Bonchev–Trinajstić information content (AvgIpc) is 3.40. The molecule has 0 spiro atoms. The Morgan fingerprint density at radius 1 is 1.03 bits per heavy atom. The quantitative estimate of drug-likeness (QED) is 0.416. The summed E-state index contributed by atoms with van der Waals surface area (Å²) in [6, 6.07) is 21.5. The van der Waals surface area contributed by atoms with E-state index in [9.17, 15) is 14.7 Å². The number of nitrogens with one attached hydrogen (secondary N) is 2. The van der Waals surface area contributed by atoms with E-state index in [1.165, 1.54) is 11.1 Å². The fourth-order valence-corrected chi connectivity index (χ4v) is 4.17. The third kappa shape index (κ3) is 3.90. The Bertz CT molecular complexity index is 1400. The minimum absolute atomic E-state index is 0.000599. The number of ether oxygens (including phenoxy) is 1. The Morgan fingerprint density at radius 3 is 2.42 bits per heavy atom. The maximum atomic E-state index is 12.2. The number of hydrogen-bond acceptors (Lipinski definition) is 4. The van der Waals surface area contributed by atoms with Gasteiger partial charge in [0.2, 0.25) is 0 Å². The fraction of sp³-hybridized carbons (Fsp3) is 0.115. The van der Waals surface area contributed by atoms with Crippen LogP contribution in [0.3, 0.4) is 0 Å². The van der Waals surface area contributed by atoms with Gasteiger partial charge in [0.25, 0.3) is 0 Å². The number of carboxylic acids is 1. The lowest BCUT2D eigenvalue weighted by Gasteiger charge is -2.14. The molecule has 0 saturated carbocycles. The van der Waals surface area contributed by atoms with E-state index in [0.29, 0.717) is 16.5 Å². The highest BCUT2D eigenvalue weighted by atomic mass is 16.5. The number of fused-ring (bicyclic) bond motifs is 4. The molecule has 3 N–H and O–H groups in total. The number of benzene rings is 3. The normalized spacial score (nSPS) is 11.9. The molecular weight excluding hydrogens is 418 g/mol. The van der Waals surface area contributed by atoms with Gasteiger partial charge in [0.1, 0.15) is 6.61 Å². The number of carbonyl (C=O) groups excluding carboxylic acids is 1. The van der Waals surface area contributed by atoms with Crippen molar-refractivity contribution in [1.82, 2.24) is 15.5 Å². The van der Waals surface area contributed by atoms with E-state index in [-0.39, 0.29) is 24.8 Å². The monoisotopic (exact) mass is 437 g/mol. The van der Waals surface area contributed by atoms with E-state index in [0.717, 1.165) is 11.1 Å². The molecule has 1 heterocycles. The van der Waals surface area contributed by atoms with E-state index in [2.05, 4.69) is 51.6 Å². The topological polar surface area (TPSA) is 104 Å². The highest BCUT2D eigenvalue weighted by molar-refractivity contribution is 6.01. The standard InChI is InChI=1S/C26H19N3O4/c30-25(31)24-21-14-16(11-12-23(21)28-29-24)6-5-13-27-26(32)33-15-22-19-9-3-1-7-17(19)18-8-2-4-10-20(18)22/h1-4,7-12,14,22H,13,15H2,(H,27,32)(H,28,29)(H,30,31). The van der Waals surface area contributed by atoms with E-state index < -0.39 is 12.1 Å². The zero-order valence-electron chi connectivity index (χ0n) is 17.5. The smallest absolute Gasteiger partial charge is 0.407 e. The summed E-state index contributed by atoms with van der Waals surface area (Å²) in [5, 5.41) is 18.8. The number of aromatic nitrogens is 2. The summed E-state index contributed by atoms with van der Waals surface area (Å²) in [5.41, 5.74) is 5.85. The zero-order valence-corrected chi connectivity index (χ0v) is 17.5. The van der Waals surface area contributed by atoms with Crippen molar-refractivity contribution < 1.29 is 19.4 Å². The number of carbonyl (C=O) groups is 2. The SMILES string of the molecule is O=C(NCC#Cc1ccc2[nH]nc(C(=O)O)c2c1)OCC1c2ccccc2-c2ccccc21. The fourth-order valence-electron chi connectivity index (χ4n) is 4.17. The Hall–Kier alpha value is -4.57. The first-order chi connectivity index (χ1) is 16.1. The summed E-state index contributed by atoms with van der Waals surface area (Å²) in [5.74, 6) is 4.67. The summed E-state index contributed by atoms with van der Waals surface area (Å²) in [6.07, 6.45) is -0.537. The van der Waals surface area contributed by atoms with Gasteiger partial charge >= 0.3 is 12.1 Å². The predicted octanol–water partition coefficient (Wildman–Crippen LogP) is 4.15. The second-order valence-corrected chi connectivity index (χ2v) is 7.62. The number of rotatable bonds is 4. The van der Waals surface area contributed by atoms with Crippen LogP contribution in [0.5, 0.6) is 0 Å². The van der Waals surface area contributed by atoms with Gasteiger partial charge in [-0.05, 0) is 40.5 Å². The van der Waals surface area contributed by atoms with Gasteiger partial charge < -0.3 is 15.2 Å². The van der Waals surface area contributed by atoms with Crippen LogP contribution in [0, 0.1) is 11.8 Å². The number of aromatic carboxylic acids is 1. The number of carboxylic acid groups (broad SMARTS) is 1. The molecule has 0 aliphatic heterocycles. The molecule has 4 aromatic rings. The van der Waals surface area contributed by atoms with E-state index in [1.54, 1.807) is 18.2 Å². The van der Waals surface area contributed by atoms with Crippen molar-refractivity contribution in [1.29, 1.82) is 0 Å². The highest BCUT2D eigenvalue weighted by Crippen LogP contribution is 2.44. The van der Waals surface area contributed by atoms with Crippen LogP contribution < -0.4 is 5.32 Å². The number of H-pyrrole nitrogens is 1. The average molecular weight is 437 g/mol. The molecule has 33 heavy (non-hydrogen) atoms. The molecule has 0 saturated heterocycles. The molecule has 0 atom stereocenters. The van der Waals surface area contributed by atoms with Crippen LogP contribution in [0.25, 0.3) is 22.0 Å².